The zero-order chi connectivity index (χ0) is 21.0. The van der Waals surface area contributed by atoms with Gasteiger partial charge in [-0.15, -0.1) is 0 Å². The van der Waals surface area contributed by atoms with Crippen LogP contribution in [0.5, 0.6) is 0 Å². The number of nitrogens with zero attached hydrogens (tertiary/aromatic N) is 1. The zero-order valence-electron chi connectivity index (χ0n) is 17.4. The molecule has 3 aromatic carbocycles. The molecule has 1 amide bonds. The number of rotatable bonds is 6. The fraction of sp³-hybridized carbons (Fsp3) is 0.240. The van der Waals surface area contributed by atoms with Gasteiger partial charge in [0.25, 0.3) is 5.91 Å². The van der Waals surface area contributed by atoms with Crippen LogP contribution in [0.3, 0.4) is 0 Å². The summed E-state index contributed by atoms with van der Waals surface area (Å²) in [4.78, 5) is 15.2. The van der Waals surface area contributed by atoms with Crippen LogP contribution in [0.1, 0.15) is 27.8 Å². The molecule has 3 rings (SSSR count). The molecule has 0 saturated heterocycles. The maximum atomic E-state index is 13.2. The molecule has 0 unspecified atom stereocenters. The SMILES string of the molecule is Cc1ccc(C(O)(C(=O)NCc2ccc(N(C)C)cc2)c2ccc(C)cc2)cc1. The summed E-state index contributed by atoms with van der Waals surface area (Å²) in [5.74, 6) is -0.443. The first kappa shape index (κ1) is 20.6. The maximum absolute atomic E-state index is 13.2. The van der Waals surface area contributed by atoms with Crippen LogP contribution in [0.4, 0.5) is 5.69 Å². The van der Waals surface area contributed by atoms with Crippen molar-refractivity contribution in [3.8, 4) is 0 Å². The molecule has 150 valence electrons. The van der Waals surface area contributed by atoms with Gasteiger partial charge in [0.05, 0.1) is 0 Å². The fourth-order valence-corrected chi connectivity index (χ4v) is 3.24. The first-order chi connectivity index (χ1) is 13.8. The average molecular weight is 389 g/mol. The third-order valence-corrected chi connectivity index (χ3v) is 5.17. The second kappa shape index (κ2) is 8.50. The van der Waals surface area contributed by atoms with E-state index in [1.165, 1.54) is 0 Å². The van der Waals surface area contributed by atoms with Gasteiger partial charge in [-0.05, 0) is 42.7 Å². The Morgan fingerprint density at radius 1 is 0.828 bits per heavy atom. The summed E-state index contributed by atoms with van der Waals surface area (Å²) in [6.07, 6.45) is 0. The lowest BCUT2D eigenvalue weighted by molar-refractivity contribution is -0.136. The Kier molecular flexibility index (Phi) is 6.04. The van der Waals surface area contributed by atoms with Crippen LogP contribution in [0.25, 0.3) is 0 Å². The highest BCUT2D eigenvalue weighted by molar-refractivity contribution is 5.90. The van der Waals surface area contributed by atoms with Crippen molar-refractivity contribution in [1.29, 1.82) is 0 Å². The van der Waals surface area contributed by atoms with Crippen LogP contribution in [-0.2, 0) is 16.9 Å². The smallest absolute Gasteiger partial charge is 0.261 e. The lowest BCUT2D eigenvalue weighted by Crippen LogP contribution is -2.45. The highest BCUT2D eigenvalue weighted by atomic mass is 16.3. The molecular formula is C25H28N2O2. The van der Waals surface area contributed by atoms with Gasteiger partial charge in [0.2, 0.25) is 0 Å². The number of benzene rings is 3. The molecule has 0 heterocycles. The Morgan fingerprint density at radius 2 is 1.28 bits per heavy atom. The first-order valence-electron chi connectivity index (χ1n) is 9.72. The maximum Gasteiger partial charge on any atom is 0.261 e. The topological polar surface area (TPSA) is 52.6 Å². The van der Waals surface area contributed by atoms with E-state index in [9.17, 15) is 9.90 Å². The van der Waals surface area contributed by atoms with Gasteiger partial charge in [0.1, 0.15) is 0 Å². The van der Waals surface area contributed by atoms with Gasteiger partial charge in [-0.2, -0.15) is 0 Å². The lowest BCUT2D eigenvalue weighted by atomic mass is 9.84. The molecule has 2 N–H and O–H groups in total. The summed E-state index contributed by atoms with van der Waals surface area (Å²) >= 11 is 0. The van der Waals surface area contributed by atoms with Gasteiger partial charge in [-0.25, -0.2) is 0 Å². The van der Waals surface area contributed by atoms with Crippen LogP contribution < -0.4 is 10.2 Å². The average Bonchev–Trinajstić information content (AvgIpc) is 2.72. The van der Waals surface area contributed by atoms with Crippen molar-refractivity contribution in [1.82, 2.24) is 5.32 Å². The molecule has 0 aliphatic heterocycles. The molecule has 0 fully saturated rings. The van der Waals surface area contributed by atoms with Crippen LogP contribution in [0.15, 0.2) is 72.8 Å². The number of anilines is 1. The van der Waals surface area contributed by atoms with Gasteiger partial charge < -0.3 is 15.3 Å². The van der Waals surface area contributed by atoms with E-state index in [1.54, 1.807) is 24.3 Å². The molecule has 3 aromatic rings. The highest BCUT2D eigenvalue weighted by Crippen LogP contribution is 2.31. The molecule has 0 saturated carbocycles. The minimum Gasteiger partial charge on any atom is -0.378 e. The fourth-order valence-electron chi connectivity index (χ4n) is 3.24. The number of amides is 1. The van der Waals surface area contributed by atoms with Crippen molar-refractivity contribution in [2.75, 3.05) is 19.0 Å². The molecule has 29 heavy (non-hydrogen) atoms. The largest absolute Gasteiger partial charge is 0.378 e. The molecule has 0 aliphatic rings. The normalized spacial score (nSPS) is 11.2. The molecule has 0 bridgehead atoms. The van der Waals surface area contributed by atoms with Crippen molar-refractivity contribution < 1.29 is 9.90 Å². The Morgan fingerprint density at radius 3 is 1.69 bits per heavy atom. The van der Waals surface area contributed by atoms with E-state index in [0.717, 1.165) is 22.4 Å². The van der Waals surface area contributed by atoms with E-state index in [0.29, 0.717) is 17.7 Å². The van der Waals surface area contributed by atoms with Gasteiger partial charge in [-0.3, -0.25) is 4.79 Å². The number of nitrogens with one attached hydrogen (secondary N) is 1. The van der Waals surface area contributed by atoms with E-state index in [2.05, 4.69) is 5.32 Å². The van der Waals surface area contributed by atoms with Crippen LogP contribution in [0, 0.1) is 13.8 Å². The van der Waals surface area contributed by atoms with Crippen LogP contribution in [-0.4, -0.2) is 25.1 Å². The molecule has 4 nitrogen and oxygen atoms in total. The van der Waals surface area contributed by atoms with E-state index >= 15 is 0 Å². The van der Waals surface area contributed by atoms with E-state index < -0.39 is 11.5 Å². The van der Waals surface area contributed by atoms with Crippen molar-refractivity contribution >= 4 is 11.6 Å². The second-order valence-corrected chi connectivity index (χ2v) is 7.69. The van der Waals surface area contributed by atoms with Gasteiger partial charge in [0.15, 0.2) is 5.60 Å². The van der Waals surface area contributed by atoms with Gasteiger partial charge in [-0.1, -0.05) is 71.8 Å². The number of carbonyl (C=O) groups is 1. The number of aliphatic hydroxyl groups is 1. The minimum absolute atomic E-state index is 0.340. The van der Waals surface area contributed by atoms with Crippen LogP contribution in [0.2, 0.25) is 0 Å². The van der Waals surface area contributed by atoms with E-state index in [1.807, 2.05) is 81.4 Å². The Bertz CT molecular complexity index is 914. The molecule has 0 radical (unpaired) electrons. The lowest BCUT2D eigenvalue weighted by Gasteiger charge is -2.28. The van der Waals surface area contributed by atoms with Crippen LogP contribution >= 0.6 is 0 Å². The second-order valence-electron chi connectivity index (χ2n) is 7.69. The number of aryl methyl sites for hydroxylation is 2. The molecule has 0 atom stereocenters. The molecule has 4 heteroatoms. The van der Waals surface area contributed by atoms with Gasteiger partial charge in [0, 0.05) is 26.3 Å². The third kappa shape index (κ3) is 4.49. The van der Waals surface area contributed by atoms with Crippen molar-refractivity contribution in [3.63, 3.8) is 0 Å². The summed E-state index contributed by atoms with van der Waals surface area (Å²) in [7, 11) is 3.97. The Hall–Kier alpha value is -3.11. The molecule has 0 aromatic heterocycles. The molecular weight excluding hydrogens is 360 g/mol. The minimum atomic E-state index is -1.76. The highest BCUT2D eigenvalue weighted by Gasteiger charge is 2.39. The van der Waals surface area contributed by atoms with Crippen molar-refractivity contribution in [3.05, 3.63) is 101 Å². The number of hydrogen-bond acceptors (Lipinski definition) is 3. The molecule has 0 spiro atoms. The van der Waals surface area contributed by atoms with Gasteiger partial charge >= 0.3 is 0 Å². The van der Waals surface area contributed by atoms with E-state index in [4.69, 9.17) is 0 Å². The van der Waals surface area contributed by atoms with E-state index in [-0.39, 0.29) is 0 Å². The summed E-state index contributed by atoms with van der Waals surface area (Å²) in [5.41, 5.74) is 3.54. The third-order valence-electron chi connectivity index (χ3n) is 5.17. The summed E-state index contributed by atoms with van der Waals surface area (Å²) in [5, 5.41) is 14.5. The Labute approximate surface area is 172 Å². The van der Waals surface area contributed by atoms with Crippen molar-refractivity contribution in [2.45, 2.75) is 26.0 Å². The quantitative estimate of drug-likeness (QED) is 0.673. The standard InChI is InChI=1S/C25H28N2O2/c1-18-5-11-21(12-6-18)25(29,22-13-7-19(2)8-14-22)24(28)26-17-20-9-15-23(16-10-20)27(3)4/h5-16,29H,17H2,1-4H3,(H,26,28). The summed E-state index contributed by atoms with van der Waals surface area (Å²) in [6, 6.07) is 22.8. The summed E-state index contributed by atoms with van der Waals surface area (Å²) < 4.78 is 0. The molecule has 0 aliphatic carbocycles. The number of hydrogen-bond donors (Lipinski definition) is 2. The summed E-state index contributed by atoms with van der Waals surface area (Å²) in [6.45, 7) is 4.30. The monoisotopic (exact) mass is 388 g/mol. The predicted molar refractivity (Wildman–Crippen MR) is 118 cm³/mol. The zero-order valence-corrected chi connectivity index (χ0v) is 17.4. The number of carbonyl (C=O) groups excluding carboxylic acids is 1. The Balaban J connectivity index is 1.88. The predicted octanol–water partition coefficient (Wildman–Crippen LogP) is 3.92. The first-order valence-corrected chi connectivity index (χ1v) is 9.72. The van der Waals surface area contributed by atoms with Crippen molar-refractivity contribution in [2.24, 2.45) is 0 Å².